The van der Waals surface area contributed by atoms with Crippen molar-refractivity contribution in [3.8, 4) is 0 Å². The molecular weight excluding hydrogens is 624 g/mol. The highest BCUT2D eigenvalue weighted by molar-refractivity contribution is 5.70. The van der Waals surface area contributed by atoms with Crippen LogP contribution < -0.4 is 0 Å². The van der Waals surface area contributed by atoms with Crippen molar-refractivity contribution in [3.05, 3.63) is 0 Å². The van der Waals surface area contributed by atoms with Crippen molar-refractivity contribution in [2.45, 2.75) is 116 Å². The predicted octanol–water partition coefficient (Wildman–Crippen LogP) is -0.762. The van der Waals surface area contributed by atoms with Crippen LogP contribution in [-0.4, -0.2) is 122 Å². The van der Waals surface area contributed by atoms with Crippen LogP contribution in [0.4, 0.5) is 0 Å². The second kappa shape index (κ2) is 16.8. The zero-order valence-electron chi connectivity index (χ0n) is 26.5. The lowest BCUT2D eigenvalue weighted by Crippen LogP contribution is -2.71. The van der Waals surface area contributed by atoms with Crippen molar-refractivity contribution >= 4 is 47.8 Å². The lowest BCUT2D eigenvalue weighted by molar-refractivity contribution is -0.310. The Morgan fingerprint density at radius 2 is 0.609 bits per heavy atom. The van der Waals surface area contributed by atoms with E-state index in [0.29, 0.717) is 0 Å². The van der Waals surface area contributed by atoms with E-state index in [-0.39, 0.29) is 0 Å². The summed E-state index contributed by atoms with van der Waals surface area (Å²) in [7, 11) is 0. The quantitative estimate of drug-likeness (QED) is 0.195. The first-order valence-electron chi connectivity index (χ1n) is 14.0. The molecule has 2 heterocycles. The van der Waals surface area contributed by atoms with Crippen LogP contribution in [0.3, 0.4) is 0 Å². The molecule has 18 nitrogen and oxygen atoms in total. The second-order valence-corrected chi connectivity index (χ2v) is 10.3. The normalized spacial score (nSPS) is 30.4. The Kier molecular flexibility index (Phi) is 13.9. The van der Waals surface area contributed by atoms with Crippen molar-refractivity contribution in [1.82, 2.24) is 0 Å². The highest BCUT2D eigenvalue weighted by Crippen LogP contribution is 2.38. The summed E-state index contributed by atoms with van der Waals surface area (Å²) >= 11 is 0. The number of hydrogen-bond donors (Lipinski definition) is 0. The molecule has 2 rings (SSSR count). The first-order chi connectivity index (χ1) is 21.4. The van der Waals surface area contributed by atoms with Crippen molar-refractivity contribution in [1.29, 1.82) is 0 Å². The molecular formula is C28H38O18. The summed E-state index contributed by atoms with van der Waals surface area (Å²) in [5, 5.41) is 0. The highest BCUT2D eigenvalue weighted by Gasteiger charge is 2.61. The fourth-order valence-electron chi connectivity index (χ4n) is 5.05. The molecule has 2 aliphatic heterocycles. The van der Waals surface area contributed by atoms with Gasteiger partial charge in [-0.05, 0) is 0 Å². The van der Waals surface area contributed by atoms with Crippen LogP contribution in [0, 0.1) is 0 Å². The van der Waals surface area contributed by atoms with E-state index in [1.165, 1.54) is 0 Å². The monoisotopic (exact) mass is 662 g/mol. The van der Waals surface area contributed by atoms with Crippen LogP contribution in [0.15, 0.2) is 0 Å². The number of esters is 8. The van der Waals surface area contributed by atoms with Gasteiger partial charge in [-0.2, -0.15) is 0 Å². The van der Waals surface area contributed by atoms with Gasteiger partial charge in [-0.25, -0.2) is 0 Å². The summed E-state index contributed by atoms with van der Waals surface area (Å²) in [5.74, 6) is -6.94. The third-order valence-electron chi connectivity index (χ3n) is 6.38. The Balaban J connectivity index is 2.83. The molecule has 0 aromatic heterocycles. The maximum atomic E-state index is 12.4. The molecule has 0 spiro atoms. The predicted molar refractivity (Wildman–Crippen MR) is 144 cm³/mol. The SMILES string of the molecule is CC(=O)OC[C@H]1O[C@@H]([C@@H]2O[C@H](COC(C)=O)[C@@H](OC(C)=O)[C@H](OC(C)=O)[C@H]2OC(C)=O)[C@H](OC(C)=O)[C@@H](OC(C)=O)[C@@H]1OC(C)=O. The molecule has 0 aliphatic carbocycles. The van der Waals surface area contributed by atoms with Crippen LogP contribution >= 0.6 is 0 Å². The Morgan fingerprint density at radius 3 is 0.848 bits per heavy atom. The van der Waals surface area contributed by atoms with Crippen molar-refractivity contribution in [2.75, 3.05) is 13.2 Å². The third-order valence-corrected chi connectivity index (χ3v) is 6.38. The molecule has 0 aromatic rings. The van der Waals surface area contributed by atoms with E-state index in [9.17, 15) is 38.4 Å². The van der Waals surface area contributed by atoms with E-state index in [1.807, 2.05) is 0 Å². The van der Waals surface area contributed by atoms with Gasteiger partial charge in [0.2, 0.25) is 0 Å². The van der Waals surface area contributed by atoms with E-state index in [4.69, 9.17) is 47.4 Å². The van der Waals surface area contributed by atoms with Gasteiger partial charge in [0.05, 0.1) is 0 Å². The molecule has 46 heavy (non-hydrogen) atoms. The number of carbonyl (C=O) groups is 8. The maximum absolute atomic E-state index is 12.4. The van der Waals surface area contributed by atoms with E-state index >= 15 is 0 Å². The van der Waals surface area contributed by atoms with Gasteiger partial charge in [0.15, 0.2) is 36.6 Å². The molecule has 258 valence electrons. The topological polar surface area (TPSA) is 229 Å². The summed E-state index contributed by atoms with van der Waals surface area (Å²) in [6.45, 7) is 7.17. The summed E-state index contributed by atoms with van der Waals surface area (Å²) in [4.78, 5) is 97.0. The fourth-order valence-corrected chi connectivity index (χ4v) is 5.05. The summed E-state index contributed by atoms with van der Waals surface area (Å²) < 4.78 is 55.2. The molecule has 0 saturated carbocycles. The third kappa shape index (κ3) is 10.9. The average molecular weight is 663 g/mol. The van der Waals surface area contributed by atoms with E-state index in [1.54, 1.807) is 0 Å². The minimum Gasteiger partial charge on any atom is -0.463 e. The van der Waals surface area contributed by atoms with Crippen LogP contribution in [-0.2, 0) is 85.7 Å². The molecule has 2 aliphatic rings. The van der Waals surface area contributed by atoms with Crippen LogP contribution in [0.25, 0.3) is 0 Å². The molecule has 0 aromatic carbocycles. The minimum absolute atomic E-state index is 0.584. The lowest BCUT2D eigenvalue weighted by Gasteiger charge is -2.51. The molecule has 0 bridgehead atoms. The van der Waals surface area contributed by atoms with Crippen molar-refractivity contribution in [2.24, 2.45) is 0 Å². The largest absolute Gasteiger partial charge is 0.463 e. The molecule has 2 fully saturated rings. The Morgan fingerprint density at radius 1 is 0.370 bits per heavy atom. The first-order valence-corrected chi connectivity index (χ1v) is 14.0. The number of ether oxygens (including phenoxy) is 10. The van der Waals surface area contributed by atoms with Gasteiger partial charge < -0.3 is 47.4 Å². The molecule has 18 heteroatoms. The van der Waals surface area contributed by atoms with Crippen LogP contribution in [0.5, 0.6) is 0 Å². The van der Waals surface area contributed by atoms with Crippen LogP contribution in [0.1, 0.15) is 55.4 Å². The zero-order chi connectivity index (χ0) is 34.9. The second-order valence-electron chi connectivity index (χ2n) is 10.3. The lowest BCUT2D eigenvalue weighted by atomic mass is 9.85. The van der Waals surface area contributed by atoms with Gasteiger partial charge in [-0.1, -0.05) is 0 Å². The number of hydrogen-bond acceptors (Lipinski definition) is 18. The van der Waals surface area contributed by atoms with Gasteiger partial charge in [-0.3, -0.25) is 38.4 Å². The summed E-state index contributed by atoms with van der Waals surface area (Å²) in [6, 6.07) is 0. The summed E-state index contributed by atoms with van der Waals surface area (Å²) in [6.07, 6.45) is -15.8. The fraction of sp³-hybridized carbons (Fsp3) is 0.714. The average Bonchev–Trinajstić information content (AvgIpc) is 2.89. The summed E-state index contributed by atoms with van der Waals surface area (Å²) in [5.41, 5.74) is 0. The Labute approximate surface area is 263 Å². The van der Waals surface area contributed by atoms with E-state index in [2.05, 4.69) is 0 Å². The molecule has 10 atom stereocenters. The zero-order valence-corrected chi connectivity index (χ0v) is 26.5. The standard InChI is InChI=1S/C28H38O18/c1-11(29)37-9-19-21(39-13(3)31)23(41-15(5)33)25(43-17(7)35)27(45-19)28-26(44-18(8)36)24(42-16(6)34)22(40-14(4)32)20(46-28)10-38-12(2)30/h19-28H,9-10H2,1-8H3/t19-,20-,21-,22-,23+,24+,25-,26-,27-,28-/m1/s1. The van der Waals surface area contributed by atoms with Gasteiger partial charge in [0.1, 0.15) is 37.6 Å². The van der Waals surface area contributed by atoms with Crippen molar-refractivity contribution < 1.29 is 85.7 Å². The Bertz CT molecular complexity index is 1090. The first kappa shape index (κ1) is 37.9. The number of rotatable bonds is 11. The minimum atomic E-state index is -1.68. The molecule has 0 radical (unpaired) electrons. The van der Waals surface area contributed by atoms with E-state index < -0.39 is 122 Å². The molecule has 2 saturated heterocycles. The maximum Gasteiger partial charge on any atom is 0.303 e. The Hall–Kier alpha value is -4.32. The number of carbonyl (C=O) groups excluding carboxylic acids is 8. The molecule has 0 unspecified atom stereocenters. The van der Waals surface area contributed by atoms with Gasteiger partial charge in [-0.15, -0.1) is 0 Å². The molecule has 0 amide bonds. The van der Waals surface area contributed by atoms with Gasteiger partial charge in [0.25, 0.3) is 0 Å². The highest BCUT2D eigenvalue weighted by atomic mass is 16.7. The van der Waals surface area contributed by atoms with E-state index in [0.717, 1.165) is 55.4 Å². The van der Waals surface area contributed by atoms with Crippen LogP contribution in [0.2, 0.25) is 0 Å². The smallest absolute Gasteiger partial charge is 0.303 e. The van der Waals surface area contributed by atoms with Gasteiger partial charge in [0, 0.05) is 55.4 Å². The molecule has 0 N–H and O–H groups in total. The van der Waals surface area contributed by atoms with Crippen molar-refractivity contribution in [3.63, 3.8) is 0 Å². The van der Waals surface area contributed by atoms with Gasteiger partial charge >= 0.3 is 47.8 Å².